The Bertz CT molecular complexity index is 177. The minimum atomic E-state index is 0.0379. The summed E-state index contributed by atoms with van der Waals surface area (Å²) in [6.07, 6.45) is 3.86. The number of hydrogen-bond acceptors (Lipinski definition) is 3. The molecule has 2 aliphatic rings. The molecule has 0 aromatic rings. The summed E-state index contributed by atoms with van der Waals surface area (Å²) in [7, 11) is 0.0379. The van der Waals surface area contributed by atoms with Gasteiger partial charge in [-0.05, 0) is 19.2 Å². The molecule has 0 N–H and O–H groups in total. The minimum Gasteiger partial charge on any atom is -0.368 e. The third-order valence-electron chi connectivity index (χ3n) is 2.68. The summed E-state index contributed by atoms with van der Waals surface area (Å²) >= 11 is 0. The lowest BCUT2D eigenvalue weighted by molar-refractivity contribution is -0.236. The Morgan fingerprint density at radius 1 is 1.20 bits per heavy atom. The molecule has 90 valence electrons. The summed E-state index contributed by atoms with van der Waals surface area (Å²) in [5.74, 6) is 0. The van der Waals surface area contributed by atoms with Crippen molar-refractivity contribution >= 4 is 7.92 Å². The Hall–Kier alpha value is 0.310. The molecule has 3 nitrogen and oxygen atoms in total. The molecule has 0 spiro atoms. The lowest BCUT2D eigenvalue weighted by Crippen LogP contribution is -2.51. The maximum absolute atomic E-state index is 5.78. The van der Waals surface area contributed by atoms with Gasteiger partial charge in [0.15, 0.2) is 0 Å². The van der Waals surface area contributed by atoms with Gasteiger partial charge in [-0.15, -0.1) is 0 Å². The van der Waals surface area contributed by atoms with E-state index in [9.17, 15) is 0 Å². The number of ether oxygens (including phenoxy) is 3. The maximum atomic E-state index is 5.78. The molecule has 2 rings (SSSR count). The first-order valence-electron chi connectivity index (χ1n) is 5.84. The molecule has 4 atom stereocenters. The van der Waals surface area contributed by atoms with Crippen molar-refractivity contribution in [3.63, 3.8) is 0 Å². The van der Waals surface area contributed by atoms with E-state index in [0.717, 1.165) is 12.8 Å². The van der Waals surface area contributed by atoms with Gasteiger partial charge >= 0.3 is 0 Å². The predicted molar refractivity (Wildman–Crippen MR) is 63.7 cm³/mol. The van der Waals surface area contributed by atoms with Crippen LogP contribution in [0.15, 0.2) is 0 Å². The van der Waals surface area contributed by atoms with Crippen molar-refractivity contribution < 1.29 is 14.2 Å². The van der Waals surface area contributed by atoms with Crippen molar-refractivity contribution in [3.8, 4) is 0 Å². The summed E-state index contributed by atoms with van der Waals surface area (Å²) in [5, 5.41) is 0. The van der Waals surface area contributed by atoms with Gasteiger partial charge in [-0.1, -0.05) is 28.7 Å². The van der Waals surface area contributed by atoms with Crippen LogP contribution >= 0.6 is 7.92 Å². The van der Waals surface area contributed by atoms with E-state index in [2.05, 4.69) is 13.6 Å². The second-order valence-electron chi connectivity index (χ2n) is 3.74. The maximum Gasteiger partial charge on any atom is 0.147 e. The van der Waals surface area contributed by atoms with E-state index in [1.807, 2.05) is 13.8 Å². The first-order valence-corrected chi connectivity index (χ1v) is 8.00. The summed E-state index contributed by atoms with van der Waals surface area (Å²) in [4.78, 5) is 0. The zero-order valence-corrected chi connectivity index (χ0v) is 11.1. The topological polar surface area (TPSA) is 27.7 Å². The number of rotatable bonds is 1. The molecule has 0 saturated carbocycles. The zero-order valence-electron chi connectivity index (χ0n) is 10.2. The smallest absolute Gasteiger partial charge is 0.147 e. The summed E-state index contributed by atoms with van der Waals surface area (Å²) < 4.78 is 16.8. The van der Waals surface area contributed by atoms with Crippen molar-refractivity contribution in [3.05, 3.63) is 0 Å². The van der Waals surface area contributed by atoms with Gasteiger partial charge in [0, 0.05) is 0 Å². The molecule has 0 radical (unpaired) electrons. The van der Waals surface area contributed by atoms with Crippen LogP contribution in [-0.4, -0.2) is 44.3 Å². The average molecular weight is 234 g/mol. The van der Waals surface area contributed by atoms with Crippen LogP contribution in [0.5, 0.6) is 0 Å². The standard InChI is InChI=1S/C9H17O3P.C2H6/c1-3-7-9-8(11-5-10-7)4-13(2)6-12-9;1-2/h7-9H,3-6H2,1-2H3;1-2H3/t7-,8?,9?,13?;/m1./s1. The second kappa shape index (κ2) is 6.80. The molecule has 2 fully saturated rings. The van der Waals surface area contributed by atoms with E-state index < -0.39 is 0 Å². The van der Waals surface area contributed by atoms with E-state index in [1.165, 1.54) is 6.16 Å². The molecular weight excluding hydrogens is 211 g/mol. The molecule has 4 heteroatoms. The Labute approximate surface area is 94.2 Å². The van der Waals surface area contributed by atoms with Gasteiger partial charge in [0.2, 0.25) is 0 Å². The van der Waals surface area contributed by atoms with Crippen LogP contribution in [0.2, 0.25) is 0 Å². The Kier molecular flexibility index (Phi) is 6.06. The molecule has 0 aromatic carbocycles. The molecule has 2 heterocycles. The minimum absolute atomic E-state index is 0.0379. The molecule has 15 heavy (non-hydrogen) atoms. The Morgan fingerprint density at radius 3 is 2.60 bits per heavy atom. The summed E-state index contributed by atoms with van der Waals surface area (Å²) in [5.41, 5.74) is 0. The fourth-order valence-electron chi connectivity index (χ4n) is 1.94. The lowest BCUT2D eigenvalue weighted by atomic mass is 10.1. The van der Waals surface area contributed by atoms with Crippen LogP contribution in [0, 0.1) is 0 Å². The van der Waals surface area contributed by atoms with Crippen LogP contribution in [0.1, 0.15) is 27.2 Å². The highest BCUT2D eigenvalue weighted by Gasteiger charge is 2.38. The predicted octanol–water partition coefficient (Wildman–Crippen LogP) is 2.63. The lowest BCUT2D eigenvalue weighted by Gasteiger charge is -2.42. The van der Waals surface area contributed by atoms with Crippen LogP contribution in [0.4, 0.5) is 0 Å². The van der Waals surface area contributed by atoms with Crippen molar-refractivity contribution in [2.75, 3.05) is 26.0 Å². The van der Waals surface area contributed by atoms with Crippen LogP contribution < -0.4 is 0 Å². The largest absolute Gasteiger partial charge is 0.368 e. The monoisotopic (exact) mass is 234 g/mol. The third-order valence-corrected chi connectivity index (χ3v) is 4.25. The normalized spacial score (nSPS) is 40.0. The van der Waals surface area contributed by atoms with Crippen LogP contribution in [-0.2, 0) is 14.2 Å². The van der Waals surface area contributed by atoms with Crippen LogP contribution in [0.25, 0.3) is 0 Å². The van der Waals surface area contributed by atoms with Crippen LogP contribution in [0.3, 0.4) is 0 Å². The van der Waals surface area contributed by atoms with Gasteiger partial charge in [-0.2, -0.15) is 0 Å². The van der Waals surface area contributed by atoms with Gasteiger partial charge in [-0.3, -0.25) is 0 Å². The van der Waals surface area contributed by atoms with Gasteiger partial charge in [0.1, 0.15) is 12.9 Å². The summed E-state index contributed by atoms with van der Waals surface area (Å²) in [6.45, 7) is 8.86. The highest BCUT2D eigenvalue weighted by atomic mass is 31.1. The van der Waals surface area contributed by atoms with Gasteiger partial charge in [0.05, 0.1) is 18.6 Å². The first kappa shape index (κ1) is 13.4. The molecule has 0 aromatic heterocycles. The highest BCUT2D eigenvalue weighted by molar-refractivity contribution is 7.56. The van der Waals surface area contributed by atoms with Crippen molar-refractivity contribution in [1.82, 2.24) is 0 Å². The quantitative estimate of drug-likeness (QED) is 0.653. The van der Waals surface area contributed by atoms with Gasteiger partial charge in [0.25, 0.3) is 0 Å². The third kappa shape index (κ3) is 3.39. The van der Waals surface area contributed by atoms with E-state index >= 15 is 0 Å². The Balaban J connectivity index is 0.000000531. The molecular formula is C11H23O3P. The van der Waals surface area contributed by atoms with E-state index in [4.69, 9.17) is 14.2 Å². The number of hydrogen-bond donors (Lipinski definition) is 0. The SMILES string of the molecule is CC.CC[C@H]1OCOC2CP(C)COC21. The second-order valence-corrected chi connectivity index (χ2v) is 6.07. The van der Waals surface area contributed by atoms with E-state index in [1.54, 1.807) is 0 Å². The molecule has 3 unspecified atom stereocenters. The fraction of sp³-hybridized carbons (Fsp3) is 1.00. The Morgan fingerprint density at radius 2 is 1.93 bits per heavy atom. The van der Waals surface area contributed by atoms with Crippen molar-refractivity contribution in [2.24, 2.45) is 0 Å². The molecule has 2 saturated heterocycles. The van der Waals surface area contributed by atoms with Gasteiger partial charge in [-0.25, -0.2) is 0 Å². The van der Waals surface area contributed by atoms with Crippen molar-refractivity contribution in [1.29, 1.82) is 0 Å². The highest BCUT2D eigenvalue weighted by Crippen LogP contribution is 2.40. The van der Waals surface area contributed by atoms with E-state index in [-0.39, 0.29) is 20.1 Å². The fourth-order valence-corrected chi connectivity index (χ4v) is 3.40. The number of fused-ring (bicyclic) bond motifs is 1. The molecule has 0 aliphatic carbocycles. The van der Waals surface area contributed by atoms with E-state index in [0.29, 0.717) is 12.9 Å². The zero-order chi connectivity index (χ0) is 11.3. The molecule has 2 aliphatic heterocycles. The van der Waals surface area contributed by atoms with Gasteiger partial charge < -0.3 is 14.2 Å². The molecule has 0 bridgehead atoms. The average Bonchev–Trinajstić information content (AvgIpc) is 2.30. The van der Waals surface area contributed by atoms with Crippen molar-refractivity contribution in [2.45, 2.75) is 45.5 Å². The first-order chi connectivity index (χ1) is 7.31. The molecule has 0 amide bonds. The summed E-state index contributed by atoms with van der Waals surface area (Å²) in [6, 6.07) is 0.